The normalized spacial score (nSPS) is 27.6. The second-order valence-corrected chi connectivity index (χ2v) is 3.61. The second-order valence-electron chi connectivity index (χ2n) is 2.84. The monoisotopic (exact) mass is 151 g/mol. The highest BCUT2D eigenvalue weighted by molar-refractivity contribution is 7.13. The molecule has 0 spiro atoms. The highest BCUT2D eigenvalue weighted by atomic mass is 32.1. The number of aromatic nitrogens is 1. The second kappa shape index (κ2) is 1.53. The fraction of sp³-hybridized carbons (Fsp3) is 0.571. The van der Waals surface area contributed by atoms with Gasteiger partial charge in [-0.25, -0.2) is 4.98 Å². The molecule has 3 heterocycles. The van der Waals surface area contributed by atoms with Gasteiger partial charge in [-0.3, -0.25) is 0 Å². The predicted molar refractivity (Wildman–Crippen MR) is 40.3 cm³/mol. The van der Waals surface area contributed by atoms with Gasteiger partial charge in [0.2, 0.25) is 0 Å². The topological polar surface area (TPSA) is 16.1 Å². The Bertz CT molecular complexity index is 244. The van der Waals surface area contributed by atoms with E-state index in [1.54, 1.807) is 11.3 Å². The molecule has 0 amide bonds. The van der Waals surface area contributed by atoms with Crippen LogP contribution < -0.4 is 4.90 Å². The molecule has 0 saturated carbocycles. The molecule has 1 radical (unpaired) electrons. The number of anilines is 1. The van der Waals surface area contributed by atoms with Crippen LogP contribution in [-0.4, -0.2) is 11.5 Å². The average Bonchev–Trinajstić information content (AvgIpc) is 2.60. The fourth-order valence-corrected chi connectivity index (χ4v) is 2.65. The number of hydrogen-bond acceptors (Lipinski definition) is 3. The maximum Gasteiger partial charge on any atom is 0.186 e. The van der Waals surface area contributed by atoms with Crippen molar-refractivity contribution in [3.63, 3.8) is 0 Å². The summed E-state index contributed by atoms with van der Waals surface area (Å²) in [5, 5.41) is 4.41. The number of nitrogens with zero attached hydrogens (tertiary/aromatic N) is 2. The first kappa shape index (κ1) is 5.13. The molecule has 2 aliphatic rings. The molecule has 1 atom stereocenters. The number of fused-ring (bicyclic) bond motifs is 5. The van der Waals surface area contributed by atoms with Crippen LogP contribution in [0.2, 0.25) is 0 Å². The molecule has 3 rings (SSSR count). The molecule has 2 bridgehead atoms. The summed E-state index contributed by atoms with van der Waals surface area (Å²) in [5.74, 6) is 0. The molecule has 51 valence electrons. The van der Waals surface area contributed by atoms with Crippen molar-refractivity contribution >= 4 is 16.5 Å². The zero-order valence-electron chi connectivity index (χ0n) is 5.50. The van der Waals surface area contributed by atoms with Crippen molar-refractivity contribution in [3.05, 3.63) is 11.1 Å². The Morgan fingerprint density at radius 3 is 3.60 bits per heavy atom. The maximum absolute atomic E-state index is 4.40. The van der Waals surface area contributed by atoms with Gasteiger partial charge in [0.1, 0.15) is 0 Å². The lowest BCUT2D eigenvalue weighted by Crippen LogP contribution is -2.17. The molecule has 1 fully saturated rings. The van der Waals surface area contributed by atoms with Crippen LogP contribution in [0.1, 0.15) is 24.6 Å². The highest BCUT2D eigenvalue weighted by Gasteiger charge is 2.35. The van der Waals surface area contributed by atoms with E-state index in [4.69, 9.17) is 0 Å². The van der Waals surface area contributed by atoms with Gasteiger partial charge < -0.3 is 4.90 Å². The van der Waals surface area contributed by atoms with Gasteiger partial charge in [0, 0.05) is 6.54 Å². The first-order valence-electron chi connectivity index (χ1n) is 3.60. The smallest absolute Gasteiger partial charge is 0.186 e. The van der Waals surface area contributed by atoms with E-state index in [1.165, 1.54) is 30.2 Å². The van der Waals surface area contributed by atoms with E-state index in [9.17, 15) is 0 Å². The third kappa shape index (κ3) is 0.440. The summed E-state index contributed by atoms with van der Waals surface area (Å²) in [4.78, 5) is 6.79. The molecule has 0 N–H and O–H groups in total. The van der Waals surface area contributed by atoms with Crippen LogP contribution in [-0.2, 0) is 0 Å². The summed E-state index contributed by atoms with van der Waals surface area (Å²) in [6.07, 6.45) is 2.62. The van der Waals surface area contributed by atoms with Crippen molar-refractivity contribution in [1.82, 2.24) is 4.98 Å². The van der Waals surface area contributed by atoms with Crippen LogP contribution in [0.4, 0.5) is 5.13 Å². The summed E-state index contributed by atoms with van der Waals surface area (Å²) in [6.45, 7) is 1.21. The van der Waals surface area contributed by atoms with Crippen LogP contribution in [0, 0.1) is 5.38 Å². The molecule has 10 heavy (non-hydrogen) atoms. The summed E-state index contributed by atoms with van der Waals surface area (Å²) >= 11 is 1.66. The van der Waals surface area contributed by atoms with Crippen molar-refractivity contribution in [3.8, 4) is 0 Å². The van der Waals surface area contributed by atoms with Crippen LogP contribution in [0.15, 0.2) is 0 Å². The molecular formula is C7H7N2S. The summed E-state index contributed by atoms with van der Waals surface area (Å²) in [5.41, 5.74) is 1.19. The van der Waals surface area contributed by atoms with Gasteiger partial charge in [0.05, 0.1) is 17.1 Å². The highest BCUT2D eigenvalue weighted by Crippen LogP contribution is 2.43. The fourth-order valence-electron chi connectivity index (χ4n) is 1.79. The van der Waals surface area contributed by atoms with E-state index in [-0.39, 0.29) is 0 Å². The van der Waals surface area contributed by atoms with Gasteiger partial charge in [0.25, 0.3) is 0 Å². The summed E-state index contributed by atoms with van der Waals surface area (Å²) in [7, 11) is 0. The molecule has 1 saturated heterocycles. The SMILES string of the molecule is [c]1sc2nc1C1CCCN21. The molecule has 0 aliphatic carbocycles. The van der Waals surface area contributed by atoms with Gasteiger partial charge in [-0.2, -0.15) is 0 Å². The van der Waals surface area contributed by atoms with Crippen molar-refractivity contribution in [1.29, 1.82) is 0 Å². The van der Waals surface area contributed by atoms with E-state index in [0.717, 1.165) is 0 Å². The van der Waals surface area contributed by atoms with E-state index in [1.807, 2.05) is 0 Å². The number of rotatable bonds is 0. The quantitative estimate of drug-likeness (QED) is 0.560. The van der Waals surface area contributed by atoms with E-state index in [2.05, 4.69) is 15.3 Å². The van der Waals surface area contributed by atoms with Gasteiger partial charge in [0.15, 0.2) is 5.13 Å². The Morgan fingerprint density at radius 2 is 2.70 bits per heavy atom. The Kier molecular flexibility index (Phi) is 0.786. The van der Waals surface area contributed by atoms with E-state index < -0.39 is 0 Å². The molecule has 2 aliphatic heterocycles. The van der Waals surface area contributed by atoms with E-state index in [0.29, 0.717) is 6.04 Å². The van der Waals surface area contributed by atoms with Gasteiger partial charge >= 0.3 is 0 Å². The Hall–Kier alpha value is -0.570. The van der Waals surface area contributed by atoms with E-state index >= 15 is 0 Å². The first-order chi connectivity index (χ1) is 4.95. The van der Waals surface area contributed by atoms with Crippen LogP contribution in [0.5, 0.6) is 0 Å². The van der Waals surface area contributed by atoms with Crippen molar-refractivity contribution < 1.29 is 0 Å². The lowest BCUT2D eigenvalue weighted by Gasteiger charge is -2.17. The molecular weight excluding hydrogens is 144 g/mol. The molecule has 2 nitrogen and oxygen atoms in total. The average molecular weight is 151 g/mol. The Labute approximate surface area is 63.5 Å². The Morgan fingerprint density at radius 1 is 1.70 bits per heavy atom. The summed E-state index contributed by atoms with van der Waals surface area (Å²) in [6, 6.07) is 0.622. The number of thiazole rings is 1. The largest absolute Gasteiger partial charge is 0.339 e. The minimum absolute atomic E-state index is 0.622. The zero-order chi connectivity index (χ0) is 6.55. The Balaban J connectivity index is 2.17. The summed E-state index contributed by atoms with van der Waals surface area (Å²) < 4.78 is 0. The van der Waals surface area contributed by atoms with Crippen LogP contribution >= 0.6 is 11.3 Å². The minimum Gasteiger partial charge on any atom is -0.339 e. The lowest BCUT2D eigenvalue weighted by atomic mass is 10.2. The standard InChI is InChI=1S/C7H7N2S/c1-2-6-5-4-10-7(8-5)9(6)3-1/h6H,1-3H2. The minimum atomic E-state index is 0.622. The third-order valence-corrected chi connectivity index (χ3v) is 3.10. The van der Waals surface area contributed by atoms with Gasteiger partial charge in [-0.15, -0.1) is 0 Å². The first-order valence-corrected chi connectivity index (χ1v) is 4.42. The van der Waals surface area contributed by atoms with Gasteiger partial charge in [-0.1, -0.05) is 11.3 Å². The molecule has 1 aromatic heterocycles. The molecule has 1 aromatic rings. The third-order valence-electron chi connectivity index (χ3n) is 2.28. The van der Waals surface area contributed by atoms with Crippen LogP contribution in [0.25, 0.3) is 0 Å². The van der Waals surface area contributed by atoms with Crippen molar-refractivity contribution in [2.24, 2.45) is 0 Å². The lowest BCUT2D eigenvalue weighted by molar-refractivity contribution is 0.737. The maximum atomic E-state index is 4.40. The van der Waals surface area contributed by atoms with Crippen molar-refractivity contribution in [2.45, 2.75) is 18.9 Å². The van der Waals surface area contributed by atoms with Gasteiger partial charge in [-0.05, 0) is 12.8 Å². The molecule has 3 heteroatoms. The zero-order valence-corrected chi connectivity index (χ0v) is 6.32. The van der Waals surface area contributed by atoms with Crippen LogP contribution in [0.3, 0.4) is 0 Å². The number of hydrogen-bond donors (Lipinski definition) is 0. The van der Waals surface area contributed by atoms with Crippen molar-refractivity contribution in [2.75, 3.05) is 11.4 Å². The molecule has 1 unspecified atom stereocenters. The molecule has 0 aromatic carbocycles. The predicted octanol–water partition coefficient (Wildman–Crippen LogP) is 1.60.